The van der Waals surface area contributed by atoms with Gasteiger partial charge in [-0.2, -0.15) is 0 Å². The van der Waals surface area contributed by atoms with Crippen LogP contribution in [0.25, 0.3) is 21.9 Å². The third kappa shape index (κ3) is 5.53. The summed E-state index contributed by atoms with van der Waals surface area (Å²) in [6.07, 6.45) is 3.97. The molecule has 3 aromatic rings. The summed E-state index contributed by atoms with van der Waals surface area (Å²) >= 11 is 6.37. The molecule has 33 heavy (non-hydrogen) atoms. The first-order chi connectivity index (χ1) is 15.0. The van der Waals surface area contributed by atoms with Gasteiger partial charge in [0.15, 0.2) is 11.2 Å². The molecule has 10 heteroatoms. The Hall–Kier alpha value is -1.68. The predicted octanol–water partition coefficient (Wildman–Crippen LogP) is 0.402. The fraction of sp³-hybridized carbons (Fsp3) is 0.435. The van der Waals surface area contributed by atoms with Gasteiger partial charge in [-0.15, -0.1) is 0 Å². The summed E-state index contributed by atoms with van der Waals surface area (Å²) in [7, 11) is 1.99. The maximum Gasteiger partial charge on any atom is 1.00 e. The van der Waals surface area contributed by atoms with Gasteiger partial charge < -0.3 is 29.2 Å². The molecule has 1 aliphatic heterocycles. The quantitative estimate of drug-likeness (QED) is 0.273. The normalized spacial score (nSPS) is 13.9. The number of benzene rings is 1. The minimum Gasteiger partial charge on any atom is -0.870 e. The van der Waals surface area contributed by atoms with Crippen LogP contribution in [0.1, 0.15) is 19.8 Å². The van der Waals surface area contributed by atoms with E-state index in [1.165, 1.54) is 0 Å². The largest absolute Gasteiger partial charge is 1.00 e. The van der Waals surface area contributed by atoms with Crippen LogP contribution < -0.4 is 44.6 Å². The topological polar surface area (TPSA) is 104 Å². The molecule has 3 heterocycles. The van der Waals surface area contributed by atoms with Crippen molar-refractivity contribution in [2.24, 2.45) is 5.92 Å². The monoisotopic (exact) mass is 482 g/mol. The third-order valence-electron chi connectivity index (χ3n) is 5.73. The fourth-order valence-corrected chi connectivity index (χ4v) is 4.40. The summed E-state index contributed by atoms with van der Waals surface area (Å²) in [5.74, 6) is 1.64. The average Bonchev–Trinajstić information content (AvgIpc) is 2.78. The molecular formula is C23H26ClN3NaO5-. The number of aromatic nitrogens is 2. The van der Waals surface area contributed by atoms with Crippen LogP contribution >= 0.6 is 11.6 Å². The van der Waals surface area contributed by atoms with Gasteiger partial charge in [0.05, 0.1) is 27.9 Å². The molecule has 172 valence electrons. The second kappa shape index (κ2) is 12.1. The molecule has 0 spiro atoms. The van der Waals surface area contributed by atoms with E-state index in [9.17, 15) is 9.59 Å². The first kappa shape index (κ1) is 27.6. The molecule has 8 nitrogen and oxygen atoms in total. The molecule has 0 saturated carbocycles. The smallest absolute Gasteiger partial charge is 0.870 e. The number of fused-ring (bicyclic) bond motifs is 2. The van der Waals surface area contributed by atoms with Gasteiger partial charge in [0.1, 0.15) is 11.5 Å². The zero-order chi connectivity index (χ0) is 22.0. The molecule has 0 unspecified atom stereocenters. The van der Waals surface area contributed by atoms with Crippen molar-refractivity contribution < 1.29 is 49.3 Å². The van der Waals surface area contributed by atoms with Gasteiger partial charge in [-0.1, -0.05) is 18.1 Å². The van der Waals surface area contributed by atoms with Gasteiger partial charge in [-0.05, 0) is 49.9 Å². The van der Waals surface area contributed by atoms with Crippen molar-refractivity contribution in [2.45, 2.75) is 26.3 Å². The van der Waals surface area contributed by atoms with Crippen LogP contribution in [-0.2, 0) is 16.1 Å². The Morgan fingerprint density at radius 2 is 1.94 bits per heavy atom. The molecular weight excluding hydrogens is 457 g/mol. The van der Waals surface area contributed by atoms with E-state index < -0.39 is 0 Å². The first-order valence-electron chi connectivity index (χ1n) is 10.5. The molecule has 4 rings (SSSR count). The minimum absolute atomic E-state index is 0. The Bertz CT molecular complexity index is 1180. The van der Waals surface area contributed by atoms with Gasteiger partial charge in [-0.25, -0.2) is 11.3 Å². The molecule has 0 bridgehead atoms. The molecule has 1 N–H and O–H groups in total. The van der Waals surface area contributed by atoms with E-state index in [0.717, 1.165) is 38.4 Å². The number of halogens is 1. The van der Waals surface area contributed by atoms with E-state index in [1.54, 1.807) is 22.8 Å². The Morgan fingerprint density at radius 1 is 1.24 bits per heavy atom. The standard InChI is InChI=1S/C23H25ClN3O4.Na.H2O/c1-3-31-22-18(24)6-4-16-20(22)27(10-11-28)23-17(21(16)29)5-7-19(25-23)26(2)14-15-8-12-30-13-9-15;;/h4-7,15H,3,8-10,12-14H2,1-2H3;;1H2/q-1;+1;/p-1. The molecule has 1 fully saturated rings. The van der Waals surface area contributed by atoms with Crippen LogP contribution in [0.3, 0.4) is 0 Å². The summed E-state index contributed by atoms with van der Waals surface area (Å²) in [4.78, 5) is 31.5. The van der Waals surface area contributed by atoms with Gasteiger partial charge >= 0.3 is 29.6 Å². The minimum atomic E-state index is -0.170. The van der Waals surface area contributed by atoms with E-state index >= 15 is 0 Å². The van der Waals surface area contributed by atoms with Crippen LogP contribution in [0.5, 0.6) is 5.75 Å². The number of ether oxygens (including phenoxy) is 2. The van der Waals surface area contributed by atoms with Crippen LogP contribution in [0.15, 0.2) is 29.1 Å². The summed E-state index contributed by atoms with van der Waals surface area (Å²) in [6, 6.07) is 6.93. The van der Waals surface area contributed by atoms with Crippen molar-refractivity contribution in [1.82, 2.24) is 9.55 Å². The number of rotatable bonds is 7. The molecule has 0 amide bonds. The van der Waals surface area contributed by atoms with Crippen molar-refractivity contribution in [3.63, 3.8) is 0 Å². The molecule has 2 aromatic heterocycles. The summed E-state index contributed by atoms with van der Waals surface area (Å²) in [6.45, 7) is 4.53. The zero-order valence-electron chi connectivity index (χ0n) is 19.1. The van der Waals surface area contributed by atoms with Crippen molar-refractivity contribution in [3.05, 3.63) is 39.5 Å². The molecule has 1 aromatic carbocycles. The maximum atomic E-state index is 13.2. The van der Waals surface area contributed by atoms with Gasteiger partial charge in [-0.3, -0.25) is 4.79 Å². The van der Waals surface area contributed by atoms with Crippen molar-refractivity contribution in [2.75, 3.05) is 38.3 Å². The van der Waals surface area contributed by atoms with Crippen LogP contribution in [0, 0.1) is 5.92 Å². The summed E-state index contributed by atoms with van der Waals surface area (Å²) in [5, 5.41) is 1.25. The number of carbonyl (C=O) groups excluding carboxylic acids is 1. The van der Waals surface area contributed by atoms with Crippen molar-refractivity contribution in [1.29, 1.82) is 0 Å². The number of anilines is 1. The number of hydrogen-bond donors (Lipinski definition) is 0. The Kier molecular flexibility index (Phi) is 10.1. The molecule has 0 aliphatic carbocycles. The van der Waals surface area contributed by atoms with E-state index in [-0.39, 0.29) is 47.0 Å². The van der Waals surface area contributed by atoms with Crippen LogP contribution in [0.2, 0.25) is 5.02 Å². The van der Waals surface area contributed by atoms with Crippen LogP contribution in [0.4, 0.5) is 5.82 Å². The van der Waals surface area contributed by atoms with E-state index in [4.69, 9.17) is 26.1 Å². The second-order valence-electron chi connectivity index (χ2n) is 7.74. The molecule has 0 atom stereocenters. The fourth-order valence-electron chi connectivity index (χ4n) is 4.19. The summed E-state index contributed by atoms with van der Waals surface area (Å²) in [5.41, 5.74) is 0.711. The predicted molar refractivity (Wildman–Crippen MR) is 124 cm³/mol. The third-order valence-corrected chi connectivity index (χ3v) is 6.03. The van der Waals surface area contributed by atoms with Gasteiger partial charge in [0.2, 0.25) is 0 Å². The Balaban J connectivity index is 0.00000193. The van der Waals surface area contributed by atoms with E-state index in [0.29, 0.717) is 45.2 Å². The molecule has 1 saturated heterocycles. The van der Waals surface area contributed by atoms with Gasteiger partial charge in [0.25, 0.3) is 0 Å². The van der Waals surface area contributed by atoms with Gasteiger partial charge in [0, 0.05) is 26.8 Å². The van der Waals surface area contributed by atoms with Crippen LogP contribution in [-0.4, -0.2) is 54.7 Å². The Labute approximate surface area is 219 Å². The SMILES string of the molecule is CCOc1c(Cl)ccc2c(=O)c3ccc(N(C)CC4CCOCC4)nc3n(C[C-]=O)c12.[Na+].[OH-]. The summed E-state index contributed by atoms with van der Waals surface area (Å²) < 4.78 is 12.9. The zero-order valence-corrected chi connectivity index (χ0v) is 21.9. The molecule has 0 radical (unpaired) electrons. The average molecular weight is 483 g/mol. The van der Waals surface area contributed by atoms with Crippen molar-refractivity contribution >= 4 is 45.6 Å². The molecule has 1 aliphatic rings. The first-order valence-corrected chi connectivity index (χ1v) is 10.8. The van der Waals surface area contributed by atoms with E-state index in [2.05, 4.69) is 4.90 Å². The Morgan fingerprint density at radius 3 is 2.61 bits per heavy atom. The second-order valence-corrected chi connectivity index (χ2v) is 8.15. The maximum absolute atomic E-state index is 13.2. The number of pyridine rings is 2. The van der Waals surface area contributed by atoms with Crippen molar-refractivity contribution in [3.8, 4) is 5.75 Å². The van der Waals surface area contributed by atoms with E-state index in [1.807, 2.05) is 26.3 Å². The number of nitrogens with zero attached hydrogens (tertiary/aromatic N) is 3. The number of hydrogen-bond acceptors (Lipinski definition) is 7.